The van der Waals surface area contributed by atoms with Crippen molar-refractivity contribution in [3.8, 4) is 5.75 Å². The number of hydrogen-bond acceptors (Lipinski definition) is 3. The number of unbranched alkanes of at least 4 members (excludes halogenated alkanes) is 2. The van der Waals surface area contributed by atoms with Gasteiger partial charge in [0, 0.05) is 19.4 Å². The number of aryl methyl sites for hydroxylation is 2. The quantitative estimate of drug-likeness (QED) is 0.482. The van der Waals surface area contributed by atoms with Crippen LogP contribution < -0.4 is 10.1 Å². The van der Waals surface area contributed by atoms with Crippen LogP contribution in [-0.4, -0.2) is 28.6 Å². The van der Waals surface area contributed by atoms with Crippen LogP contribution in [0.15, 0.2) is 48.5 Å². The van der Waals surface area contributed by atoms with E-state index in [2.05, 4.69) is 47.1 Å². The van der Waals surface area contributed by atoms with E-state index in [0.29, 0.717) is 13.0 Å². The number of nitrogens with zero attached hydrogens (tertiary/aromatic N) is 2. The van der Waals surface area contributed by atoms with Crippen LogP contribution in [-0.2, 0) is 17.8 Å². The number of para-hydroxylation sites is 2. The van der Waals surface area contributed by atoms with E-state index in [1.54, 1.807) is 0 Å². The van der Waals surface area contributed by atoms with Gasteiger partial charge in [-0.25, -0.2) is 4.98 Å². The molecule has 0 bridgehead atoms. The largest absolute Gasteiger partial charge is 0.492 e. The lowest BCUT2D eigenvalue weighted by molar-refractivity contribution is -0.120. The van der Waals surface area contributed by atoms with Gasteiger partial charge in [0.25, 0.3) is 0 Å². The minimum absolute atomic E-state index is 0.125. The molecule has 0 aliphatic rings. The number of ether oxygens (including phenoxy) is 1. The third kappa shape index (κ3) is 6.08. The summed E-state index contributed by atoms with van der Waals surface area (Å²) in [5.74, 6) is 2.14. The Morgan fingerprint density at radius 3 is 2.79 bits per heavy atom. The van der Waals surface area contributed by atoms with Crippen LogP contribution in [0.25, 0.3) is 11.0 Å². The zero-order valence-corrected chi connectivity index (χ0v) is 17.5. The monoisotopic (exact) mass is 393 g/mol. The molecule has 0 saturated carbocycles. The Balaban J connectivity index is 1.56. The lowest BCUT2D eigenvalue weighted by Gasteiger charge is -2.11. The van der Waals surface area contributed by atoms with Gasteiger partial charge < -0.3 is 14.6 Å². The topological polar surface area (TPSA) is 56.2 Å². The summed E-state index contributed by atoms with van der Waals surface area (Å²) in [5.41, 5.74) is 3.39. The van der Waals surface area contributed by atoms with Gasteiger partial charge in [0.15, 0.2) is 0 Å². The Morgan fingerprint density at radius 1 is 1.10 bits per heavy atom. The third-order valence-corrected chi connectivity index (χ3v) is 5.03. The minimum Gasteiger partial charge on any atom is -0.492 e. The zero-order valence-electron chi connectivity index (χ0n) is 17.5. The van der Waals surface area contributed by atoms with Crippen LogP contribution in [0, 0.1) is 6.92 Å². The Morgan fingerprint density at radius 2 is 1.97 bits per heavy atom. The predicted octanol–water partition coefficient (Wildman–Crippen LogP) is 4.66. The number of benzene rings is 2. The SMILES string of the molecule is CCC(=O)NCCCCCc1nc2ccccc2n1CCOc1cccc(C)c1. The van der Waals surface area contributed by atoms with E-state index in [4.69, 9.17) is 9.72 Å². The third-order valence-electron chi connectivity index (χ3n) is 5.03. The highest BCUT2D eigenvalue weighted by atomic mass is 16.5. The summed E-state index contributed by atoms with van der Waals surface area (Å²) in [6, 6.07) is 16.4. The van der Waals surface area contributed by atoms with Gasteiger partial charge in [-0.15, -0.1) is 0 Å². The fourth-order valence-corrected chi connectivity index (χ4v) is 3.46. The standard InChI is InChI=1S/C24H31N3O2/c1-3-24(28)25-15-8-4-5-14-23-26-21-12-6-7-13-22(21)27(23)16-17-29-20-11-9-10-19(2)18-20/h6-7,9-13,18H,3-5,8,14-17H2,1-2H3,(H,25,28). The molecular weight excluding hydrogens is 362 g/mol. The highest BCUT2D eigenvalue weighted by Gasteiger charge is 2.10. The first-order valence-electron chi connectivity index (χ1n) is 10.6. The molecule has 5 nitrogen and oxygen atoms in total. The van der Waals surface area contributed by atoms with E-state index in [-0.39, 0.29) is 5.91 Å². The van der Waals surface area contributed by atoms with Gasteiger partial charge in [-0.1, -0.05) is 37.6 Å². The normalized spacial score (nSPS) is 11.0. The second-order valence-electron chi connectivity index (χ2n) is 7.35. The average Bonchev–Trinajstić information content (AvgIpc) is 3.08. The molecule has 0 radical (unpaired) electrons. The molecule has 0 atom stereocenters. The molecular formula is C24H31N3O2. The van der Waals surface area contributed by atoms with Crippen LogP contribution >= 0.6 is 0 Å². The molecule has 0 saturated heterocycles. The van der Waals surface area contributed by atoms with Crippen LogP contribution in [0.4, 0.5) is 0 Å². The Labute approximate surface area is 173 Å². The molecule has 1 amide bonds. The molecule has 1 heterocycles. The van der Waals surface area contributed by atoms with Gasteiger partial charge >= 0.3 is 0 Å². The second-order valence-corrected chi connectivity index (χ2v) is 7.35. The smallest absolute Gasteiger partial charge is 0.219 e. The van der Waals surface area contributed by atoms with Crippen molar-refractivity contribution in [3.63, 3.8) is 0 Å². The molecule has 154 valence electrons. The summed E-state index contributed by atoms with van der Waals surface area (Å²) in [7, 11) is 0. The van der Waals surface area contributed by atoms with Gasteiger partial charge in [-0.05, 0) is 49.6 Å². The van der Waals surface area contributed by atoms with Gasteiger partial charge in [0.2, 0.25) is 5.91 Å². The lowest BCUT2D eigenvalue weighted by Crippen LogP contribution is -2.23. The minimum atomic E-state index is 0.125. The van der Waals surface area contributed by atoms with Gasteiger partial charge in [0.05, 0.1) is 17.6 Å². The molecule has 2 aromatic carbocycles. The first kappa shape index (κ1) is 20.9. The summed E-state index contributed by atoms with van der Waals surface area (Å²) in [5, 5.41) is 2.93. The molecule has 0 unspecified atom stereocenters. The maximum absolute atomic E-state index is 11.3. The van der Waals surface area contributed by atoms with Gasteiger partial charge in [-0.2, -0.15) is 0 Å². The van der Waals surface area contributed by atoms with Crippen molar-refractivity contribution in [2.24, 2.45) is 0 Å². The molecule has 1 N–H and O–H groups in total. The van der Waals surface area contributed by atoms with Crippen molar-refractivity contribution >= 4 is 16.9 Å². The van der Waals surface area contributed by atoms with E-state index < -0.39 is 0 Å². The number of fused-ring (bicyclic) bond motifs is 1. The van der Waals surface area contributed by atoms with Crippen molar-refractivity contribution in [2.75, 3.05) is 13.2 Å². The maximum atomic E-state index is 11.3. The number of carbonyl (C=O) groups is 1. The van der Waals surface area contributed by atoms with E-state index in [1.165, 1.54) is 5.56 Å². The number of carbonyl (C=O) groups excluding carboxylic acids is 1. The van der Waals surface area contributed by atoms with Crippen LogP contribution in [0.3, 0.4) is 0 Å². The summed E-state index contributed by atoms with van der Waals surface area (Å²) >= 11 is 0. The number of aromatic nitrogens is 2. The van der Waals surface area contributed by atoms with Crippen LogP contribution in [0.5, 0.6) is 5.75 Å². The maximum Gasteiger partial charge on any atom is 0.219 e. The van der Waals surface area contributed by atoms with Gasteiger partial charge in [-0.3, -0.25) is 4.79 Å². The van der Waals surface area contributed by atoms with Crippen LogP contribution in [0.1, 0.15) is 44.0 Å². The summed E-state index contributed by atoms with van der Waals surface area (Å²) in [4.78, 5) is 16.1. The Kier molecular flexibility index (Phi) is 7.68. The van der Waals surface area contributed by atoms with Crippen molar-refractivity contribution in [2.45, 2.75) is 52.5 Å². The number of imidazole rings is 1. The van der Waals surface area contributed by atoms with E-state index >= 15 is 0 Å². The Bertz CT molecular complexity index is 933. The number of rotatable bonds is 11. The molecule has 0 fully saturated rings. The molecule has 29 heavy (non-hydrogen) atoms. The first-order chi connectivity index (χ1) is 14.2. The highest BCUT2D eigenvalue weighted by molar-refractivity contribution is 5.76. The molecule has 1 aromatic heterocycles. The summed E-state index contributed by atoms with van der Waals surface area (Å²) in [6.07, 6.45) is 4.62. The number of nitrogens with one attached hydrogen (secondary N) is 1. The molecule has 3 aromatic rings. The van der Waals surface area contributed by atoms with Crippen molar-refractivity contribution < 1.29 is 9.53 Å². The fraction of sp³-hybridized carbons (Fsp3) is 0.417. The number of hydrogen-bond donors (Lipinski definition) is 1. The molecule has 0 aliphatic heterocycles. The zero-order chi connectivity index (χ0) is 20.5. The average molecular weight is 394 g/mol. The molecule has 5 heteroatoms. The fourth-order valence-electron chi connectivity index (χ4n) is 3.46. The lowest BCUT2D eigenvalue weighted by atomic mass is 10.2. The summed E-state index contributed by atoms with van der Waals surface area (Å²) < 4.78 is 8.25. The Hall–Kier alpha value is -2.82. The first-order valence-corrected chi connectivity index (χ1v) is 10.6. The van der Waals surface area contributed by atoms with E-state index in [9.17, 15) is 4.79 Å². The second kappa shape index (κ2) is 10.6. The van der Waals surface area contributed by atoms with E-state index in [0.717, 1.165) is 61.4 Å². The molecule has 0 aliphatic carbocycles. The van der Waals surface area contributed by atoms with Crippen molar-refractivity contribution in [3.05, 3.63) is 59.9 Å². The van der Waals surface area contributed by atoms with E-state index in [1.807, 2.05) is 25.1 Å². The molecule has 0 spiro atoms. The van der Waals surface area contributed by atoms with Crippen molar-refractivity contribution in [1.29, 1.82) is 0 Å². The predicted molar refractivity (Wildman–Crippen MR) is 117 cm³/mol. The summed E-state index contributed by atoms with van der Waals surface area (Å²) in [6.45, 7) is 6.09. The van der Waals surface area contributed by atoms with Crippen molar-refractivity contribution in [1.82, 2.24) is 14.9 Å². The molecule has 3 rings (SSSR count). The van der Waals surface area contributed by atoms with Crippen LogP contribution in [0.2, 0.25) is 0 Å². The number of amides is 1. The van der Waals surface area contributed by atoms with Gasteiger partial charge in [0.1, 0.15) is 18.2 Å². The highest BCUT2D eigenvalue weighted by Crippen LogP contribution is 2.18.